The monoisotopic (exact) mass is 415 g/mol. The molecule has 0 bridgehead atoms. The molecule has 0 fully saturated rings. The lowest BCUT2D eigenvalue weighted by Crippen LogP contribution is -2.24. The molecule has 2 amide bonds. The summed E-state index contributed by atoms with van der Waals surface area (Å²) >= 11 is 7.53. The van der Waals surface area contributed by atoms with Crippen molar-refractivity contribution in [2.24, 2.45) is 0 Å². The maximum Gasteiger partial charge on any atom is 0.270 e. The smallest absolute Gasteiger partial charge is 0.270 e. The molecule has 7 nitrogen and oxygen atoms in total. The molecule has 3 aromatic rings. The average molecular weight is 416 g/mol. The first kappa shape index (κ1) is 19.5. The lowest BCUT2D eigenvalue weighted by molar-refractivity contribution is -0.384. The van der Waals surface area contributed by atoms with E-state index in [-0.39, 0.29) is 22.2 Å². The number of benzene rings is 2. The van der Waals surface area contributed by atoms with Gasteiger partial charge in [-0.3, -0.25) is 19.7 Å². The third-order valence-corrected chi connectivity index (χ3v) is 5.02. The second-order valence-electron chi connectivity index (χ2n) is 5.68. The van der Waals surface area contributed by atoms with E-state index in [4.69, 9.17) is 11.6 Å². The molecule has 2 N–H and O–H groups in total. The van der Waals surface area contributed by atoms with Gasteiger partial charge < -0.3 is 10.6 Å². The van der Waals surface area contributed by atoms with Gasteiger partial charge in [0.05, 0.1) is 33.3 Å². The predicted molar refractivity (Wildman–Crippen MR) is 108 cm³/mol. The van der Waals surface area contributed by atoms with Crippen molar-refractivity contribution in [1.29, 1.82) is 0 Å². The fraction of sp³-hybridized carbons (Fsp3) is 0.0526. The summed E-state index contributed by atoms with van der Waals surface area (Å²) in [6, 6.07) is 13.9. The minimum Gasteiger partial charge on any atom is -0.347 e. The quantitative estimate of drug-likeness (QED) is 0.457. The Bertz CT molecular complexity index is 1040. The number of rotatable bonds is 6. The fourth-order valence-corrected chi connectivity index (χ4v) is 3.36. The molecule has 28 heavy (non-hydrogen) atoms. The van der Waals surface area contributed by atoms with Gasteiger partial charge in [0.25, 0.3) is 17.5 Å². The minimum absolute atomic E-state index is 0.0497. The Kier molecular flexibility index (Phi) is 6.03. The highest BCUT2D eigenvalue weighted by Gasteiger charge is 2.18. The summed E-state index contributed by atoms with van der Waals surface area (Å²) in [6.07, 6.45) is 0. The average Bonchev–Trinajstić information content (AvgIpc) is 3.20. The molecule has 1 aromatic heterocycles. The van der Waals surface area contributed by atoms with E-state index in [1.54, 1.807) is 24.3 Å². The van der Waals surface area contributed by atoms with E-state index >= 15 is 0 Å². The zero-order valence-corrected chi connectivity index (χ0v) is 15.9. The van der Waals surface area contributed by atoms with Gasteiger partial charge in [-0.25, -0.2) is 0 Å². The number of carbonyl (C=O) groups excluding carboxylic acids is 2. The number of nitrogens with one attached hydrogen (secondary N) is 2. The van der Waals surface area contributed by atoms with Crippen molar-refractivity contribution in [2.75, 3.05) is 5.32 Å². The van der Waals surface area contributed by atoms with Gasteiger partial charge in [-0.2, -0.15) is 0 Å². The molecule has 0 saturated heterocycles. The number of nitro benzene ring substituents is 1. The fourth-order valence-electron chi connectivity index (χ4n) is 2.46. The van der Waals surface area contributed by atoms with Gasteiger partial charge in [0.15, 0.2) is 0 Å². The minimum atomic E-state index is -0.596. The number of halogens is 1. The number of carbonyl (C=O) groups is 2. The number of nitrogens with zero attached hydrogens (tertiary/aromatic N) is 1. The highest BCUT2D eigenvalue weighted by atomic mass is 35.5. The third kappa shape index (κ3) is 4.54. The Morgan fingerprint density at radius 2 is 1.82 bits per heavy atom. The lowest BCUT2D eigenvalue weighted by Gasteiger charge is -2.12. The van der Waals surface area contributed by atoms with Gasteiger partial charge in [0, 0.05) is 17.0 Å². The summed E-state index contributed by atoms with van der Waals surface area (Å²) in [5.41, 5.74) is 0.465. The molecule has 0 aliphatic carbocycles. The van der Waals surface area contributed by atoms with Crippen molar-refractivity contribution >= 4 is 46.1 Å². The van der Waals surface area contributed by atoms with Crippen LogP contribution in [0.25, 0.3) is 0 Å². The molecule has 142 valence electrons. The molecule has 0 atom stereocenters. The van der Waals surface area contributed by atoms with Crippen LogP contribution in [0, 0.1) is 10.1 Å². The number of hydrogen-bond acceptors (Lipinski definition) is 5. The van der Waals surface area contributed by atoms with Gasteiger partial charge in [-0.1, -0.05) is 29.8 Å². The van der Waals surface area contributed by atoms with E-state index in [1.165, 1.54) is 23.5 Å². The van der Waals surface area contributed by atoms with E-state index in [9.17, 15) is 19.7 Å². The second kappa shape index (κ2) is 8.64. The van der Waals surface area contributed by atoms with E-state index < -0.39 is 10.8 Å². The number of thiophene rings is 1. The van der Waals surface area contributed by atoms with Crippen LogP contribution in [-0.4, -0.2) is 16.7 Å². The van der Waals surface area contributed by atoms with E-state index in [2.05, 4.69) is 10.6 Å². The largest absolute Gasteiger partial charge is 0.347 e. The second-order valence-corrected chi connectivity index (χ2v) is 7.12. The molecule has 0 aliphatic rings. The molecule has 1 heterocycles. The van der Waals surface area contributed by atoms with Crippen LogP contribution in [0.5, 0.6) is 0 Å². The Balaban J connectivity index is 1.76. The summed E-state index contributed by atoms with van der Waals surface area (Å²) in [5, 5.41) is 18.1. The molecule has 9 heteroatoms. The first-order valence-electron chi connectivity index (χ1n) is 8.10. The van der Waals surface area contributed by atoms with Crippen LogP contribution >= 0.6 is 22.9 Å². The molecule has 2 aromatic carbocycles. The Labute approximate surface area is 169 Å². The molecule has 0 radical (unpaired) electrons. The van der Waals surface area contributed by atoms with Crippen molar-refractivity contribution in [2.45, 2.75) is 6.54 Å². The highest BCUT2D eigenvalue weighted by molar-refractivity contribution is 7.09. The molecule has 0 spiro atoms. The highest BCUT2D eigenvalue weighted by Crippen LogP contribution is 2.24. The predicted octanol–water partition coefficient (Wildman–Crippen LogP) is 4.49. The van der Waals surface area contributed by atoms with E-state index in [1.807, 2.05) is 17.5 Å². The lowest BCUT2D eigenvalue weighted by atomic mass is 10.1. The molecule has 0 aliphatic heterocycles. The maximum absolute atomic E-state index is 12.5. The topological polar surface area (TPSA) is 101 Å². The SMILES string of the molecule is O=C(Nc1ccccc1C(=O)NCc1cccs1)c1ccc([N+](=O)[O-])cc1Cl. The molecule has 0 saturated carbocycles. The zero-order valence-electron chi connectivity index (χ0n) is 14.3. The summed E-state index contributed by atoms with van der Waals surface area (Å²) < 4.78 is 0. The van der Waals surface area contributed by atoms with Crippen molar-refractivity contribution in [3.63, 3.8) is 0 Å². The van der Waals surface area contributed by atoms with E-state index in [0.717, 1.165) is 10.9 Å². The number of amides is 2. The number of anilines is 1. The molecular formula is C19H14ClN3O4S. The van der Waals surface area contributed by atoms with Crippen molar-refractivity contribution in [3.05, 3.63) is 91.1 Å². The van der Waals surface area contributed by atoms with E-state index in [0.29, 0.717) is 17.8 Å². The summed E-state index contributed by atoms with van der Waals surface area (Å²) in [7, 11) is 0. The number of para-hydroxylation sites is 1. The van der Waals surface area contributed by atoms with Crippen molar-refractivity contribution in [1.82, 2.24) is 5.32 Å². The maximum atomic E-state index is 12.5. The van der Waals surface area contributed by atoms with Crippen LogP contribution < -0.4 is 10.6 Å². The number of nitro groups is 1. The van der Waals surface area contributed by atoms with Gasteiger partial charge in [-0.05, 0) is 29.6 Å². The number of hydrogen-bond donors (Lipinski definition) is 2. The Hall–Kier alpha value is -3.23. The normalized spacial score (nSPS) is 10.3. The standard InChI is InChI=1S/C19H14ClN3O4S/c20-16-10-12(23(26)27)7-8-14(16)19(25)22-17-6-2-1-5-15(17)18(24)21-11-13-4-3-9-28-13/h1-10H,11H2,(H,21,24)(H,22,25). The summed E-state index contributed by atoms with van der Waals surface area (Å²) in [6.45, 7) is 0.382. The van der Waals surface area contributed by atoms with Gasteiger partial charge in [0.2, 0.25) is 0 Å². The van der Waals surface area contributed by atoms with Crippen LogP contribution in [0.4, 0.5) is 11.4 Å². The van der Waals surface area contributed by atoms with Crippen LogP contribution in [0.3, 0.4) is 0 Å². The first-order chi connectivity index (χ1) is 13.5. The summed E-state index contributed by atoms with van der Waals surface area (Å²) in [5.74, 6) is -0.905. The van der Waals surface area contributed by atoms with Crippen LogP contribution in [0.2, 0.25) is 5.02 Å². The van der Waals surface area contributed by atoms with Crippen LogP contribution in [0.1, 0.15) is 25.6 Å². The number of non-ortho nitro benzene ring substituents is 1. The third-order valence-electron chi connectivity index (χ3n) is 3.83. The van der Waals surface area contributed by atoms with Gasteiger partial charge in [-0.15, -0.1) is 11.3 Å². The zero-order chi connectivity index (χ0) is 20.1. The van der Waals surface area contributed by atoms with Crippen LogP contribution in [0.15, 0.2) is 60.0 Å². The Morgan fingerprint density at radius 1 is 1.04 bits per heavy atom. The molecule has 0 unspecified atom stereocenters. The van der Waals surface area contributed by atoms with Gasteiger partial charge >= 0.3 is 0 Å². The van der Waals surface area contributed by atoms with Crippen molar-refractivity contribution in [3.8, 4) is 0 Å². The molecule has 3 rings (SSSR count). The van der Waals surface area contributed by atoms with Crippen molar-refractivity contribution < 1.29 is 14.5 Å². The summed E-state index contributed by atoms with van der Waals surface area (Å²) in [4.78, 5) is 36.3. The Morgan fingerprint density at radius 3 is 2.50 bits per heavy atom. The van der Waals surface area contributed by atoms with Gasteiger partial charge in [0.1, 0.15) is 0 Å². The molecular weight excluding hydrogens is 402 g/mol. The first-order valence-corrected chi connectivity index (χ1v) is 9.36. The van der Waals surface area contributed by atoms with Crippen LogP contribution in [-0.2, 0) is 6.54 Å².